The Morgan fingerprint density at radius 3 is 0.938 bits per heavy atom. The van der Waals surface area contributed by atoms with Crippen LogP contribution < -0.4 is 0 Å². The van der Waals surface area contributed by atoms with Crippen molar-refractivity contribution < 1.29 is 50.8 Å². The minimum absolute atomic E-state index is 0.343. The highest BCUT2D eigenvalue weighted by molar-refractivity contribution is 5.66. The van der Waals surface area contributed by atoms with Crippen LogP contribution in [-0.2, 0) is 4.79 Å². The van der Waals surface area contributed by atoms with E-state index in [2.05, 4.69) is 6.92 Å². The van der Waals surface area contributed by atoms with E-state index in [9.17, 15) is 4.79 Å². The summed E-state index contributed by atoms with van der Waals surface area (Å²) in [6.07, 6.45) is 11.5. The van der Waals surface area contributed by atoms with Gasteiger partial charge in [-0.3, -0.25) is 4.79 Å². The summed E-state index contributed by atoms with van der Waals surface area (Å²) in [5.74, 6) is -0.659. The first-order chi connectivity index (χ1) is 15.3. The van der Waals surface area contributed by atoms with E-state index in [1.165, 1.54) is 44.9 Å². The molecule has 10 nitrogen and oxygen atoms in total. The van der Waals surface area contributed by atoms with Crippen LogP contribution >= 0.6 is 0 Å². The van der Waals surface area contributed by atoms with Gasteiger partial charge in [-0.05, 0) is 6.42 Å². The maximum atomic E-state index is 10.2. The second kappa shape index (κ2) is 24.8. The van der Waals surface area contributed by atoms with Crippen LogP contribution in [0.1, 0.15) is 71.1 Å². The van der Waals surface area contributed by atoms with Crippen LogP contribution in [0.2, 0.25) is 0 Å². The Bertz CT molecular complexity index is 330. The van der Waals surface area contributed by atoms with E-state index in [1.807, 2.05) is 0 Å². The van der Waals surface area contributed by atoms with E-state index in [0.717, 1.165) is 12.8 Å². The lowest BCUT2D eigenvalue weighted by Crippen LogP contribution is -2.37. The Hall–Kier alpha value is -0.850. The maximum Gasteiger partial charge on any atom is 0.303 e. The number of hydrogen-bond donors (Lipinski definition) is 9. The number of carboxylic acid groups (broad SMARTS) is 1. The van der Waals surface area contributed by atoms with Crippen molar-refractivity contribution >= 4 is 5.97 Å². The van der Waals surface area contributed by atoms with Crippen LogP contribution in [0, 0.1) is 10.8 Å². The second-order valence-electron chi connectivity index (χ2n) is 8.24. The Labute approximate surface area is 192 Å². The Balaban J connectivity index is -0.000000411. The lowest BCUT2D eigenvalue weighted by atomic mass is 9.93. The SMILES string of the molecule is CCCCCCCCCCCC(=O)O.OCC(CO)(CO)CO.OCC(CO)(CO)CO. The summed E-state index contributed by atoms with van der Waals surface area (Å²) in [5, 5.41) is 76.4. The molecule has 0 bridgehead atoms. The van der Waals surface area contributed by atoms with Gasteiger partial charge in [-0.2, -0.15) is 0 Å². The van der Waals surface area contributed by atoms with Gasteiger partial charge in [0.1, 0.15) is 0 Å². The van der Waals surface area contributed by atoms with Crippen molar-refractivity contribution in [3.05, 3.63) is 0 Å². The summed E-state index contributed by atoms with van der Waals surface area (Å²) in [4.78, 5) is 10.2. The van der Waals surface area contributed by atoms with Gasteiger partial charge in [-0.1, -0.05) is 58.3 Å². The summed E-state index contributed by atoms with van der Waals surface area (Å²) >= 11 is 0. The third kappa shape index (κ3) is 19.8. The summed E-state index contributed by atoms with van der Waals surface area (Å²) < 4.78 is 0. The highest BCUT2D eigenvalue weighted by atomic mass is 16.4. The molecule has 0 heterocycles. The van der Waals surface area contributed by atoms with Gasteiger partial charge in [0.05, 0.1) is 63.7 Å². The normalized spacial score (nSPS) is 11.3. The predicted molar refractivity (Wildman–Crippen MR) is 121 cm³/mol. The van der Waals surface area contributed by atoms with E-state index in [-0.39, 0.29) is 0 Å². The number of carbonyl (C=O) groups is 1. The molecule has 0 spiro atoms. The summed E-state index contributed by atoms with van der Waals surface area (Å²) in [7, 11) is 0. The number of unbranched alkanes of at least 4 members (excludes halogenated alkanes) is 8. The van der Waals surface area contributed by atoms with Crippen molar-refractivity contribution in [2.24, 2.45) is 10.8 Å². The summed E-state index contributed by atoms with van der Waals surface area (Å²) in [6.45, 7) is -1.02. The van der Waals surface area contributed by atoms with Crippen molar-refractivity contribution in [2.75, 3.05) is 52.9 Å². The number of aliphatic hydroxyl groups is 8. The molecule has 196 valence electrons. The minimum Gasteiger partial charge on any atom is -0.481 e. The topological polar surface area (TPSA) is 199 Å². The zero-order valence-electron chi connectivity index (χ0n) is 19.7. The quantitative estimate of drug-likeness (QED) is 0.121. The monoisotopic (exact) mass is 472 g/mol. The number of carboxylic acids is 1. The van der Waals surface area contributed by atoms with E-state index < -0.39 is 69.7 Å². The molecule has 0 aromatic carbocycles. The molecule has 0 fully saturated rings. The molecule has 0 radical (unpaired) electrons. The molecule has 0 saturated carbocycles. The fraction of sp³-hybridized carbons (Fsp3) is 0.955. The Morgan fingerprint density at radius 1 is 0.500 bits per heavy atom. The zero-order chi connectivity index (χ0) is 25.3. The standard InChI is InChI=1S/C12H24O2.2C5H12O4/c1-2-3-4-5-6-7-8-9-10-11-12(13)14;2*6-1-5(2-7,3-8)4-9/h2-11H2,1H3,(H,13,14);2*6-9H,1-4H2. The summed E-state index contributed by atoms with van der Waals surface area (Å²) in [5.41, 5.74) is -2.22. The number of aliphatic carboxylic acids is 1. The Kier molecular flexibility index (Phi) is 27.7. The average molecular weight is 473 g/mol. The molecule has 0 aromatic rings. The molecule has 0 aliphatic rings. The van der Waals surface area contributed by atoms with Crippen molar-refractivity contribution in [3.63, 3.8) is 0 Å². The van der Waals surface area contributed by atoms with Crippen LogP contribution in [0.25, 0.3) is 0 Å². The van der Waals surface area contributed by atoms with Crippen molar-refractivity contribution in [1.29, 1.82) is 0 Å². The molecule has 0 atom stereocenters. The molecule has 0 aliphatic heterocycles. The average Bonchev–Trinajstić information content (AvgIpc) is 2.82. The van der Waals surface area contributed by atoms with Gasteiger partial charge < -0.3 is 46.0 Å². The van der Waals surface area contributed by atoms with E-state index in [1.54, 1.807) is 0 Å². The van der Waals surface area contributed by atoms with E-state index >= 15 is 0 Å². The number of aliphatic hydroxyl groups excluding tert-OH is 8. The molecular weight excluding hydrogens is 424 g/mol. The molecule has 10 heteroatoms. The molecule has 9 N–H and O–H groups in total. The number of rotatable bonds is 18. The molecule has 32 heavy (non-hydrogen) atoms. The Morgan fingerprint density at radius 2 is 0.750 bits per heavy atom. The third-order valence-electron chi connectivity index (χ3n) is 5.18. The minimum atomic E-state index is -1.11. The maximum absolute atomic E-state index is 10.2. The molecule has 0 saturated heterocycles. The molecule has 0 unspecified atom stereocenters. The van der Waals surface area contributed by atoms with Crippen LogP contribution in [0.4, 0.5) is 0 Å². The molecular formula is C22H48O10. The van der Waals surface area contributed by atoms with Gasteiger partial charge in [0, 0.05) is 6.42 Å². The molecule has 0 aromatic heterocycles. The molecule has 0 amide bonds. The van der Waals surface area contributed by atoms with Crippen LogP contribution in [-0.4, -0.2) is 105 Å². The first kappa shape index (κ1) is 35.7. The zero-order valence-corrected chi connectivity index (χ0v) is 19.7. The van der Waals surface area contributed by atoms with Gasteiger partial charge in [0.15, 0.2) is 0 Å². The third-order valence-corrected chi connectivity index (χ3v) is 5.18. The number of hydrogen-bond acceptors (Lipinski definition) is 9. The van der Waals surface area contributed by atoms with Crippen LogP contribution in [0.15, 0.2) is 0 Å². The van der Waals surface area contributed by atoms with Crippen LogP contribution in [0.3, 0.4) is 0 Å². The van der Waals surface area contributed by atoms with Crippen molar-refractivity contribution in [3.8, 4) is 0 Å². The van der Waals surface area contributed by atoms with Gasteiger partial charge in [-0.25, -0.2) is 0 Å². The van der Waals surface area contributed by atoms with E-state index in [0.29, 0.717) is 6.42 Å². The predicted octanol–water partition coefficient (Wildman–Crippen LogP) is -0.124. The molecule has 0 rings (SSSR count). The van der Waals surface area contributed by atoms with Gasteiger partial charge in [0.2, 0.25) is 0 Å². The smallest absolute Gasteiger partial charge is 0.303 e. The fourth-order valence-corrected chi connectivity index (χ4v) is 2.19. The highest BCUT2D eigenvalue weighted by Crippen LogP contribution is 2.13. The first-order valence-electron chi connectivity index (χ1n) is 11.3. The largest absolute Gasteiger partial charge is 0.481 e. The van der Waals surface area contributed by atoms with Crippen molar-refractivity contribution in [1.82, 2.24) is 0 Å². The molecule has 0 aliphatic carbocycles. The lowest BCUT2D eigenvalue weighted by Gasteiger charge is -2.23. The highest BCUT2D eigenvalue weighted by Gasteiger charge is 2.27. The van der Waals surface area contributed by atoms with E-state index in [4.69, 9.17) is 46.0 Å². The summed E-state index contributed by atoms with van der Waals surface area (Å²) in [6, 6.07) is 0. The lowest BCUT2D eigenvalue weighted by molar-refractivity contribution is -0.137. The van der Waals surface area contributed by atoms with Crippen LogP contribution in [0.5, 0.6) is 0 Å². The fourth-order valence-electron chi connectivity index (χ4n) is 2.19. The van der Waals surface area contributed by atoms with Gasteiger partial charge in [0.25, 0.3) is 0 Å². The van der Waals surface area contributed by atoms with Gasteiger partial charge in [-0.15, -0.1) is 0 Å². The van der Waals surface area contributed by atoms with Crippen molar-refractivity contribution in [2.45, 2.75) is 71.1 Å². The van der Waals surface area contributed by atoms with Gasteiger partial charge >= 0.3 is 5.97 Å². The second-order valence-corrected chi connectivity index (χ2v) is 8.24. The first-order valence-corrected chi connectivity index (χ1v) is 11.3.